The van der Waals surface area contributed by atoms with Crippen LogP contribution in [-0.2, 0) is 4.74 Å². The zero-order chi connectivity index (χ0) is 16.6. The van der Waals surface area contributed by atoms with Gasteiger partial charge in [0.15, 0.2) is 22.8 Å². The average Bonchev–Trinajstić information content (AvgIpc) is 3.08. The molecule has 1 aliphatic heterocycles. The highest BCUT2D eigenvalue weighted by Crippen LogP contribution is 2.32. The normalized spacial score (nSPS) is 27.8. The number of thioether (sulfide) groups is 1. The first-order valence-corrected chi connectivity index (χ1v) is 7.91. The molecule has 1 saturated heterocycles. The molecule has 1 aliphatic rings. The number of fused-ring (bicyclic) bond motifs is 1. The van der Waals surface area contributed by atoms with E-state index in [2.05, 4.69) is 15.0 Å². The molecule has 0 aromatic carbocycles. The van der Waals surface area contributed by atoms with Crippen LogP contribution >= 0.6 is 11.8 Å². The molecule has 0 spiro atoms. The summed E-state index contributed by atoms with van der Waals surface area (Å²) >= 11 is 1.22. The van der Waals surface area contributed by atoms with E-state index in [9.17, 15) is 15.3 Å². The molecule has 3 rings (SSSR count). The Labute approximate surface area is 134 Å². The lowest BCUT2D eigenvalue weighted by atomic mass is 10.1. The van der Waals surface area contributed by atoms with Crippen molar-refractivity contribution in [3.63, 3.8) is 0 Å². The number of nitrogens with two attached hydrogens (primary N) is 1. The van der Waals surface area contributed by atoms with Crippen LogP contribution in [0.2, 0.25) is 0 Å². The van der Waals surface area contributed by atoms with Crippen molar-refractivity contribution in [2.45, 2.75) is 29.7 Å². The molecule has 0 radical (unpaired) electrons. The van der Waals surface area contributed by atoms with Gasteiger partial charge in [0, 0.05) is 5.75 Å². The van der Waals surface area contributed by atoms with Gasteiger partial charge in [0.25, 0.3) is 0 Å². The van der Waals surface area contributed by atoms with Crippen molar-refractivity contribution in [3.05, 3.63) is 6.33 Å². The summed E-state index contributed by atoms with van der Waals surface area (Å²) in [4.78, 5) is 12.5. The molecule has 126 valence electrons. The van der Waals surface area contributed by atoms with E-state index in [-0.39, 0.29) is 12.4 Å². The van der Waals surface area contributed by atoms with Crippen LogP contribution in [0.5, 0.6) is 0 Å². The molecule has 0 amide bonds. The first-order valence-electron chi connectivity index (χ1n) is 6.93. The first-order chi connectivity index (χ1) is 11.1. The molecule has 2 aromatic heterocycles. The van der Waals surface area contributed by atoms with Crippen molar-refractivity contribution in [2.24, 2.45) is 0 Å². The van der Waals surface area contributed by atoms with Gasteiger partial charge in [-0.15, -0.1) is 0 Å². The van der Waals surface area contributed by atoms with Crippen LogP contribution in [0.15, 0.2) is 11.5 Å². The van der Waals surface area contributed by atoms with E-state index in [4.69, 9.17) is 15.6 Å². The van der Waals surface area contributed by atoms with Gasteiger partial charge in [-0.25, -0.2) is 15.0 Å². The average molecular weight is 343 g/mol. The van der Waals surface area contributed by atoms with E-state index in [1.54, 1.807) is 0 Å². The highest BCUT2D eigenvalue weighted by molar-refractivity contribution is 7.99. The number of nitrogens with zero attached hydrogens (tertiary/aromatic N) is 4. The fourth-order valence-electron chi connectivity index (χ4n) is 2.42. The van der Waals surface area contributed by atoms with Gasteiger partial charge in [-0.2, -0.15) is 0 Å². The second-order valence-electron chi connectivity index (χ2n) is 5.02. The summed E-state index contributed by atoms with van der Waals surface area (Å²) in [6, 6.07) is 0. The molecule has 1 fully saturated rings. The maximum absolute atomic E-state index is 10.1. The second-order valence-corrected chi connectivity index (χ2v) is 6.08. The van der Waals surface area contributed by atoms with Gasteiger partial charge in [-0.05, 0) is 0 Å². The Kier molecular flexibility index (Phi) is 4.66. The van der Waals surface area contributed by atoms with Crippen molar-refractivity contribution >= 4 is 28.7 Å². The maximum Gasteiger partial charge on any atom is 0.191 e. The van der Waals surface area contributed by atoms with Crippen LogP contribution in [-0.4, -0.2) is 77.2 Å². The fraction of sp³-hybridized carbons (Fsp3) is 0.583. The summed E-state index contributed by atoms with van der Waals surface area (Å²) in [5.74, 6) is 0.577. The number of hydrogen-bond donors (Lipinski definition) is 5. The van der Waals surface area contributed by atoms with Crippen LogP contribution in [0.1, 0.15) is 6.23 Å². The lowest BCUT2D eigenvalue weighted by Crippen LogP contribution is -2.33. The first kappa shape index (κ1) is 16.4. The van der Waals surface area contributed by atoms with Crippen molar-refractivity contribution in [1.82, 2.24) is 19.5 Å². The van der Waals surface area contributed by atoms with Crippen LogP contribution < -0.4 is 5.73 Å². The Balaban J connectivity index is 1.99. The summed E-state index contributed by atoms with van der Waals surface area (Å²) in [7, 11) is 0. The predicted octanol–water partition coefficient (Wildman–Crippen LogP) is -1.90. The molecule has 2 aromatic rings. The number of aromatic nitrogens is 4. The van der Waals surface area contributed by atoms with Gasteiger partial charge in [-0.1, -0.05) is 11.8 Å². The van der Waals surface area contributed by atoms with Gasteiger partial charge in [-0.3, -0.25) is 4.57 Å². The third kappa shape index (κ3) is 2.86. The summed E-state index contributed by atoms with van der Waals surface area (Å²) in [6.07, 6.45) is -2.91. The molecule has 23 heavy (non-hydrogen) atoms. The minimum Gasteiger partial charge on any atom is -0.396 e. The number of anilines is 1. The van der Waals surface area contributed by atoms with E-state index in [0.717, 1.165) is 0 Å². The van der Waals surface area contributed by atoms with Crippen molar-refractivity contribution in [2.75, 3.05) is 24.7 Å². The van der Waals surface area contributed by atoms with Gasteiger partial charge < -0.3 is 30.9 Å². The van der Waals surface area contributed by atoms with Gasteiger partial charge in [0.1, 0.15) is 23.8 Å². The number of aliphatic hydroxyl groups is 4. The third-order valence-electron chi connectivity index (χ3n) is 3.54. The Morgan fingerprint density at radius 2 is 2.04 bits per heavy atom. The Morgan fingerprint density at radius 1 is 1.26 bits per heavy atom. The number of aliphatic hydroxyl groups excluding tert-OH is 4. The molecular weight excluding hydrogens is 326 g/mol. The van der Waals surface area contributed by atoms with Crippen LogP contribution in [0.25, 0.3) is 11.2 Å². The van der Waals surface area contributed by atoms with E-state index < -0.39 is 31.1 Å². The number of ether oxygens (including phenoxy) is 1. The number of rotatable bonds is 5. The van der Waals surface area contributed by atoms with Crippen molar-refractivity contribution in [3.8, 4) is 0 Å². The van der Waals surface area contributed by atoms with Crippen molar-refractivity contribution in [1.29, 1.82) is 0 Å². The molecule has 0 bridgehead atoms. The second kappa shape index (κ2) is 6.55. The Morgan fingerprint density at radius 3 is 2.70 bits per heavy atom. The van der Waals surface area contributed by atoms with Crippen LogP contribution in [0, 0.1) is 0 Å². The zero-order valence-electron chi connectivity index (χ0n) is 12.0. The van der Waals surface area contributed by atoms with E-state index in [1.807, 2.05) is 0 Å². The zero-order valence-corrected chi connectivity index (χ0v) is 12.8. The van der Waals surface area contributed by atoms with Gasteiger partial charge in [0.2, 0.25) is 0 Å². The SMILES string of the molecule is Nc1nc(SCCO)nc2c1ncn2[C@@H]1O[C@H](CO)[C@@H](O)[C@H]1O. The summed E-state index contributed by atoms with van der Waals surface area (Å²) in [6.45, 7) is -0.448. The molecule has 0 saturated carbocycles. The number of imidazole rings is 1. The highest BCUT2D eigenvalue weighted by Gasteiger charge is 2.44. The Bertz CT molecular complexity index is 698. The molecule has 3 heterocycles. The predicted molar refractivity (Wildman–Crippen MR) is 80.6 cm³/mol. The quantitative estimate of drug-likeness (QED) is 0.306. The molecule has 0 unspecified atom stereocenters. The molecule has 0 aliphatic carbocycles. The number of nitrogen functional groups attached to an aromatic ring is 1. The van der Waals surface area contributed by atoms with E-state index in [1.165, 1.54) is 22.7 Å². The van der Waals surface area contributed by atoms with Crippen molar-refractivity contribution < 1.29 is 25.2 Å². The molecule has 4 atom stereocenters. The minimum absolute atomic E-state index is 0.0277. The Hall–Kier alpha value is -1.50. The van der Waals surface area contributed by atoms with Gasteiger partial charge >= 0.3 is 0 Å². The third-order valence-corrected chi connectivity index (χ3v) is 4.37. The summed E-state index contributed by atoms with van der Waals surface area (Å²) < 4.78 is 6.92. The smallest absolute Gasteiger partial charge is 0.191 e. The minimum atomic E-state index is -1.24. The lowest BCUT2D eigenvalue weighted by molar-refractivity contribution is -0.0511. The van der Waals surface area contributed by atoms with Gasteiger partial charge in [0.05, 0.1) is 19.5 Å². The van der Waals surface area contributed by atoms with E-state index >= 15 is 0 Å². The summed E-state index contributed by atoms with van der Waals surface area (Å²) in [5.41, 5.74) is 6.54. The monoisotopic (exact) mass is 343 g/mol. The lowest BCUT2D eigenvalue weighted by Gasteiger charge is -2.16. The summed E-state index contributed by atoms with van der Waals surface area (Å²) in [5, 5.41) is 38.4. The molecular formula is C12H17N5O5S. The largest absolute Gasteiger partial charge is 0.396 e. The fourth-order valence-corrected chi connectivity index (χ4v) is 3.00. The topological polar surface area (TPSA) is 160 Å². The highest BCUT2D eigenvalue weighted by atomic mass is 32.2. The van der Waals surface area contributed by atoms with E-state index in [0.29, 0.717) is 22.1 Å². The number of hydrogen-bond acceptors (Lipinski definition) is 10. The van der Waals surface area contributed by atoms with Crippen LogP contribution in [0.4, 0.5) is 5.82 Å². The molecule has 6 N–H and O–H groups in total. The molecule has 10 nitrogen and oxygen atoms in total. The standard InChI is InChI=1S/C12H17N5O5S/c13-9-6-10(16-12(15-9)23-2-1-18)17(4-14-6)11-8(21)7(20)5(3-19)22-11/h4-5,7-8,11,18-21H,1-3H2,(H2,13,15,16)/t5-,7-,8-,11-/m1/s1. The molecule has 11 heteroatoms. The maximum atomic E-state index is 10.1. The van der Waals surface area contributed by atoms with Crippen LogP contribution in [0.3, 0.4) is 0 Å².